The van der Waals surface area contributed by atoms with Crippen LogP contribution in [0.3, 0.4) is 0 Å². The van der Waals surface area contributed by atoms with Gasteiger partial charge < -0.3 is 15.1 Å². The van der Waals surface area contributed by atoms with Crippen LogP contribution in [0.4, 0.5) is 13.2 Å². The molecule has 0 aromatic carbocycles. The first-order chi connectivity index (χ1) is 9.33. The molecule has 0 bridgehead atoms. The lowest BCUT2D eigenvalue weighted by Crippen LogP contribution is -2.53. The fourth-order valence-electron chi connectivity index (χ4n) is 1.95. The lowest BCUT2D eigenvalue weighted by Gasteiger charge is -2.36. The van der Waals surface area contributed by atoms with E-state index in [1.165, 1.54) is 6.92 Å². The lowest BCUT2D eigenvalue weighted by atomic mass is 10.3. The van der Waals surface area contributed by atoms with Gasteiger partial charge in [-0.1, -0.05) is 0 Å². The highest BCUT2D eigenvalue weighted by Gasteiger charge is 2.27. The number of aliphatic imine (C=N–C) groups is 1. The average Bonchev–Trinajstić information content (AvgIpc) is 2.36. The highest BCUT2D eigenvalue weighted by atomic mass is 19.4. The van der Waals surface area contributed by atoms with E-state index in [0.29, 0.717) is 38.7 Å². The molecule has 0 radical (unpaired) electrons. The zero-order chi connectivity index (χ0) is 15.2. The molecule has 1 amide bonds. The maximum Gasteiger partial charge on any atom is 0.390 e. The Morgan fingerprint density at radius 1 is 1.20 bits per heavy atom. The van der Waals surface area contributed by atoms with Crippen molar-refractivity contribution < 1.29 is 18.0 Å². The van der Waals surface area contributed by atoms with Crippen molar-refractivity contribution in [1.29, 1.82) is 0 Å². The van der Waals surface area contributed by atoms with Gasteiger partial charge in [0.15, 0.2) is 5.96 Å². The second-order valence-electron chi connectivity index (χ2n) is 4.59. The van der Waals surface area contributed by atoms with E-state index in [1.807, 2.05) is 11.8 Å². The van der Waals surface area contributed by atoms with E-state index in [9.17, 15) is 18.0 Å². The van der Waals surface area contributed by atoms with Crippen molar-refractivity contribution in [2.24, 2.45) is 4.99 Å². The molecule has 20 heavy (non-hydrogen) atoms. The number of hydrogen-bond acceptors (Lipinski definition) is 2. The van der Waals surface area contributed by atoms with Gasteiger partial charge in [0, 0.05) is 39.6 Å². The number of alkyl halides is 3. The number of nitrogens with zero attached hydrogens (tertiary/aromatic N) is 3. The summed E-state index contributed by atoms with van der Waals surface area (Å²) in [5.41, 5.74) is 0. The molecular weight excluding hydrogens is 273 g/mol. The molecular formula is C12H21F3N4O. The summed E-state index contributed by atoms with van der Waals surface area (Å²) in [5, 5.41) is 2.99. The second-order valence-corrected chi connectivity index (χ2v) is 4.59. The molecule has 0 aliphatic carbocycles. The molecule has 1 fully saturated rings. The van der Waals surface area contributed by atoms with E-state index in [0.717, 1.165) is 0 Å². The zero-order valence-corrected chi connectivity index (χ0v) is 11.8. The molecule has 1 rings (SSSR count). The first-order valence-corrected chi connectivity index (χ1v) is 6.69. The minimum Gasteiger partial charge on any atom is -0.357 e. The van der Waals surface area contributed by atoms with E-state index in [4.69, 9.17) is 0 Å². The van der Waals surface area contributed by atoms with Gasteiger partial charge in [0.25, 0.3) is 0 Å². The Morgan fingerprint density at radius 3 is 2.20 bits per heavy atom. The van der Waals surface area contributed by atoms with Gasteiger partial charge in [-0.15, -0.1) is 0 Å². The molecule has 1 saturated heterocycles. The van der Waals surface area contributed by atoms with Gasteiger partial charge in [-0.25, -0.2) is 0 Å². The molecule has 1 heterocycles. The van der Waals surface area contributed by atoms with Crippen LogP contribution in [0.1, 0.15) is 20.3 Å². The molecule has 0 aromatic heterocycles. The molecule has 0 spiro atoms. The van der Waals surface area contributed by atoms with Gasteiger partial charge in [0.1, 0.15) is 0 Å². The summed E-state index contributed by atoms with van der Waals surface area (Å²) < 4.78 is 36.4. The van der Waals surface area contributed by atoms with Crippen LogP contribution in [0.5, 0.6) is 0 Å². The SMILES string of the molecule is CCNC(=NCCC(F)(F)F)N1CCN(C(C)=O)CC1. The Labute approximate surface area is 116 Å². The number of rotatable bonds is 3. The fraction of sp³-hybridized carbons (Fsp3) is 0.833. The van der Waals surface area contributed by atoms with Crippen LogP contribution < -0.4 is 5.32 Å². The normalized spacial score (nSPS) is 17.4. The number of piperazine rings is 1. The van der Waals surface area contributed by atoms with E-state index >= 15 is 0 Å². The van der Waals surface area contributed by atoms with Crippen molar-refractivity contribution in [3.8, 4) is 0 Å². The third-order valence-corrected chi connectivity index (χ3v) is 3.02. The van der Waals surface area contributed by atoms with Crippen molar-refractivity contribution in [2.45, 2.75) is 26.4 Å². The topological polar surface area (TPSA) is 47.9 Å². The summed E-state index contributed by atoms with van der Waals surface area (Å²) in [5.74, 6) is 0.503. The summed E-state index contributed by atoms with van der Waals surface area (Å²) >= 11 is 0. The van der Waals surface area contributed by atoms with Crippen LogP contribution in [0.25, 0.3) is 0 Å². The largest absolute Gasteiger partial charge is 0.390 e. The Kier molecular flexibility index (Phi) is 6.09. The van der Waals surface area contributed by atoms with Gasteiger partial charge in [0.2, 0.25) is 5.91 Å². The van der Waals surface area contributed by atoms with Crippen molar-refractivity contribution in [3.63, 3.8) is 0 Å². The Hall–Kier alpha value is -1.47. The van der Waals surface area contributed by atoms with Gasteiger partial charge in [0.05, 0.1) is 13.0 Å². The Bertz CT molecular complexity index is 349. The number of carbonyl (C=O) groups is 1. The first-order valence-electron chi connectivity index (χ1n) is 6.69. The number of nitrogens with one attached hydrogen (secondary N) is 1. The highest BCUT2D eigenvalue weighted by Crippen LogP contribution is 2.19. The highest BCUT2D eigenvalue weighted by molar-refractivity contribution is 5.80. The maximum atomic E-state index is 12.1. The molecule has 0 unspecified atom stereocenters. The molecule has 0 aromatic rings. The number of guanidine groups is 1. The number of halogens is 3. The Balaban J connectivity index is 2.54. The smallest absolute Gasteiger partial charge is 0.357 e. The third-order valence-electron chi connectivity index (χ3n) is 3.02. The quantitative estimate of drug-likeness (QED) is 0.625. The number of amides is 1. The summed E-state index contributed by atoms with van der Waals surface area (Å²) in [6.45, 7) is 5.99. The van der Waals surface area contributed by atoms with Crippen molar-refractivity contribution in [3.05, 3.63) is 0 Å². The van der Waals surface area contributed by atoms with Crippen LogP contribution >= 0.6 is 0 Å². The summed E-state index contributed by atoms with van der Waals surface area (Å²) in [4.78, 5) is 18.8. The van der Waals surface area contributed by atoms with Crippen LogP contribution in [0.15, 0.2) is 4.99 Å². The van der Waals surface area contributed by atoms with Crippen molar-refractivity contribution in [1.82, 2.24) is 15.1 Å². The van der Waals surface area contributed by atoms with Crippen LogP contribution in [-0.2, 0) is 4.79 Å². The summed E-state index contributed by atoms with van der Waals surface area (Å²) in [6, 6.07) is 0. The van der Waals surface area contributed by atoms with Crippen molar-refractivity contribution >= 4 is 11.9 Å². The monoisotopic (exact) mass is 294 g/mol. The van der Waals surface area contributed by atoms with Crippen LogP contribution in [0.2, 0.25) is 0 Å². The predicted molar refractivity (Wildman–Crippen MR) is 70.5 cm³/mol. The van der Waals surface area contributed by atoms with Crippen molar-refractivity contribution in [2.75, 3.05) is 39.3 Å². The van der Waals surface area contributed by atoms with Gasteiger partial charge in [-0.05, 0) is 6.92 Å². The molecule has 0 saturated carbocycles. The average molecular weight is 294 g/mol. The second kappa shape index (κ2) is 7.35. The molecule has 8 heteroatoms. The van der Waals surface area contributed by atoms with Crippen LogP contribution in [-0.4, -0.2) is 67.1 Å². The molecule has 1 N–H and O–H groups in total. The molecule has 5 nitrogen and oxygen atoms in total. The Morgan fingerprint density at radius 2 is 1.75 bits per heavy atom. The summed E-state index contributed by atoms with van der Waals surface area (Å²) in [6.07, 6.45) is -5.11. The van der Waals surface area contributed by atoms with E-state index in [1.54, 1.807) is 4.90 Å². The lowest BCUT2D eigenvalue weighted by molar-refractivity contribution is -0.132. The zero-order valence-electron chi connectivity index (χ0n) is 11.8. The minimum atomic E-state index is -4.19. The molecule has 1 aliphatic heterocycles. The predicted octanol–water partition coefficient (Wildman–Crippen LogP) is 1.07. The van der Waals surface area contributed by atoms with Gasteiger partial charge >= 0.3 is 6.18 Å². The number of carbonyl (C=O) groups excluding carboxylic acids is 1. The molecule has 0 atom stereocenters. The number of hydrogen-bond donors (Lipinski definition) is 1. The van der Waals surface area contributed by atoms with E-state index in [-0.39, 0.29) is 12.5 Å². The van der Waals surface area contributed by atoms with E-state index in [2.05, 4.69) is 10.3 Å². The minimum absolute atomic E-state index is 0.0173. The standard InChI is InChI=1S/C12H21F3N4O/c1-3-16-11(17-5-4-12(13,14)15)19-8-6-18(7-9-19)10(2)20/h3-9H2,1-2H3,(H,16,17). The fourth-order valence-corrected chi connectivity index (χ4v) is 1.95. The maximum absolute atomic E-state index is 12.1. The molecule has 1 aliphatic rings. The van der Waals surface area contributed by atoms with Gasteiger partial charge in [-0.3, -0.25) is 9.79 Å². The molecule has 116 valence electrons. The first kappa shape index (κ1) is 16.6. The third kappa shape index (κ3) is 5.66. The van der Waals surface area contributed by atoms with Gasteiger partial charge in [-0.2, -0.15) is 13.2 Å². The van der Waals surface area contributed by atoms with E-state index < -0.39 is 12.6 Å². The summed E-state index contributed by atoms with van der Waals surface area (Å²) in [7, 11) is 0. The van der Waals surface area contributed by atoms with Crippen LogP contribution in [0, 0.1) is 0 Å².